The van der Waals surface area contributed by atoms with E-state index in [1.54, 1.807) is 0 Å². The fourth-order valence-corrected chi connectivity index (χ4v) is 2.58. The third-order valence-corrected chi connectivity index (χ3v) is 3.82. The van der Waals surface area contributed by atoms with Crippen LogP contribution in [-0.4, -0.2) is 35.7 Å². The van der Waals surface area contributed by atoms with Crippen molar-refractivity contribution >= 4 is 18.3 Å². The predicted octanol–water partition coefficient (Wildman–Crippen LogP) is 1.88. The number of aromatic nitrogens is 2. The second-order valence-electron chi connectivity index (χ2n) is 5.71. The van der Waals surface area contributed by atoms with Crippen molar-refractivity contribution in [1.29, 1.82) is 0 Å². The van der Waals surface area contributed by atoms with Crippen molar-refractivity contribution in [3.05, 3.63) is 11.7 Å². The van der Waals surface area contributed by atoms with Crippen LogP contribution < -0.4 is 10.6 Å². The van der Waals surface area contributed by atoms with Crippen molar-refractivity contribution < 1.29 is 9.32 Å². The van der Waals surface area contributed by atoms with Crippen LogP contribution in [0.4, 0.5) is 0 Å². The highest BCUT2D eigenvalue weighted by molar-refractivity contribution is 5.85. The van der Waals surface area contributed by atoms with Gasteiger partial charge in [0.25, 0.3) is 0 Å². The maximum Gasteiger partial charge on any atom is 0.226 e. The SMILES string of the molecule is CCCc1noc(CCCC(=O)NCCC2CCNC2)n1.Cl. The van der Waals surface area contributed by atoms with E-state index in [4.69, 9.17) is 4.52 Å². The van der Waals surface area contributed by atoms with Crippen LogP contribution in [0.1, 0.15) is 50.7 Å². The Balaban J connectivity index is 0.00000242. The molecule has 0 aromatic carbocycles. The molecule has 6 nitrogen and oxygen atoms in total. The molecular formula is C15H27ClN4O2. The molecule has 1 unspecified atom stereocenters. The first-order valence-corrected chi connectivity index (χ1v) is 8.06. The lowest BCUT2D eigenvalue weighted by Gasteiger charge is -2.08. The Bertz CT molecular complexity index is 433. The molecule has 0 aliphatic carbocycles. The first-order chi connectivity index (χ1) is 10.3. The molecule has 1 atom stereocenters. The fourth-order valence-electron chi connectivity index (χ4n) is 2.58. The van der Waals surface area contributed by atoms with Gasteiger partial charge in [0.1, 0.15) is 0 Å². The summed E-state index contributed by atoms with van der Waals surface area (Å²) >= 11 is 0. The molecule has 1 saturated heterocycles. The van der Waals surface area contributed by atoms with Gasteiger partial charge in [-0.1, -0.05) is 12.1 Å². The van der Waals surface area contributed by atoms with E-state index in [1.165, 1.54) is 6.42 Å². The minimum absolute atomic E-state index is 0. The topological polar surface area (TPSA) is 80.0 Å². The molecule has 1 aromatic rings. The lowest BCUT2D eigenvalue weighted by atomic mass is 10.1. The molecule has 1 aromatic heterocycles. The Labute approximate surface area is 138 Å². The summed E-state index contributed by atoms with van der Waals surface area (Å²) < 4.78 is 5.15. The van der Waals surface area contributed by atoms with Crippen LogP contribution in [0.2, 0.25) is 0 Å². The zero-order chi connectivity index (χ0) is 14.9. The molecule has 2 rings (SSSR count). The summed E-state index contributed by atoms with van der Waals surface area (Å²) in [4.78, 5) is 16.0. The van der Waals surface area contributed by atoms with Crippen molar-refractivity contribution in [1.82, 2.24) is 20.8 Å². The number of hydrogen-bond donors (Lipinski definition) is 2. The van der Waals surface area contributed by atoms with Crippen LogP contribution in [0.3, 0.4) is 0 Å². The number of aryl methyl sites for hydroxylation is 2. The lowest BCUT2D eigenvalue weighted by Crippen LogP contribution is -2.26. The normalized spacial score (nSPS) is 17.2. The summed E-state index contributed by atoms with van der Waals surface area (Å²) in [6.45, 7) is 5.07. The molecule has 1 amide bonds. The average Bonchev–Trinajstić information content (AvgIpc) is 3.11. The van der Waals surface area contributed by atoms with Gasteiger partial charge in [-0.15, -0.1) is 12.4 Å². The molecule has 2 N–H and O–H groups in total. The monoisotopic (exact) mass is 330 g/mol. The summed E-state index contributed by atoms with van der Waals surface area (Å²) in [6, 6.07) is 0. The molecule has 126 valence electrons. The Kier molecular flexibility index (Phi) is 9.08. The number of hydrogen-bond acceptors (Lipinski definition) is 5. The fraction of sp³-hybridized carbons (Fsp3) is 0.800. The largest absolute Gasteiger partial charge is 0.356 e. The Morgan fingerprint density at radius 2 is 2.32 bits per heavy atom. The number of amides is 1. The first-order valence-electron chi connectivity index (χ1n) is 8.06. The van der Waals surface area contributed by atoms with Crippen LogP contribution in [0.5, 0.6) is 0 Å². The summed E-state index contributed by atoms with van der Waals surface area (Å²) in [5, 5.41) is 10.2. The Morgan fingerprint density at radius 3 is 3.05 bits per heavy atom. The zero-order valence-corrected chi connectivity index (χ0v) is 14.1. The summed E-state index contributed by atoms with van der Waals surface area (Å²) in [7, 11) is 0. The van der Waals surface area contributed by atoms with Gasteiger partial charge < -0.3 is 15.2 Å². The smallest absolute Gasteiger partial charge is 0.226 e. The highest BCUT2D eigenvalue weighted by Crippen LogP contribution is 2.11. The van der Waals surface area contributed by atoms with E-state index < -0.39 is 0 Å². The van der Waals surface area contributed by atoms with E-state index in [0.29, 0.717) is 18.7 Å². The van der Waals surface area contributed by atoms with Gasteiger partial charge in [0.15, 0.2) is 5.82 Å². The Morgan fingerprint density at radius 1 is 1.45 bits per heavy atom. The minimum atomic E-state index is 0. The average molecular weight is 331 g/mol. The Hall–Kier alpha value is -1.14. The number of nitrogens with zero attached hydrogens (tertiary/aromatic N) is 2. The standard InChI is InChI=1S/C15H26N4O2.ClH/c1-2-4-13-18-15(21-19-13)6-3-5-14(20)17-10-8-12-7-9-16-11-12;/h12,16H,2-11H2,1H3,(H,17,20);1H. The van der Waals surface area contributed by atoms with Crippen LogP contribution in [0, 0.1) is 5.92 Å². The number of halogens is 1. The van der Waals surface area contributed by atoms with Gasteiger partial charge in [-0.3, -0.25) is 4.79 Å². The molecule has 0 bridgehead atoms. The van der Waals surface area contributed by atoms with Gasteiger partial charge in [-0.05, 0) is 44.7 Å². The molecule has 22 heavy (non-hydrogen) atoms. The molecule has 0 spiro atoms. The van der Waals surface area contributed by atoms with Gasteiger partial charge in [-0.25, -0.2) is 0 Å². The summed E-state index contributed by atoms with van der Waals surface area (Å²) in [5.74, 6) is 2.25. The summed E-state index contributed by atoms with van der Waals surface area (Å²) in [5.41, 5.74) is 0. The van der Waals surface area contributed by atoms with Crippen LogP contribution in [0.25, 0.3) is 0 Å². The number of carbonyl (C=O) groups is 1. The minimum Gasteiger partial charge on any atom is -0.356 e. The van der Waals surface area contributed by atoms with Crippen molar-refractivity contribution in [2.24, 2.45) is 5.92 Å². The van der Waals surface area contributed by atoms with Crippen LogP contribution >= 0.6 is 12.4 Å². The van der Waals surface area contributed by atoms with Gasteiger partial charge in [0, 0.05) is 25.8 Å². The van der Waals surface area contributed by atoms with E-state index in [9.17, 15) is 4.79 Å². The van der Waals surface area contributed by atoms with Gasteiger partial charge in [-0.2, -0.15) is 4.98 Å². The van der Waals surface area contributed by atoms with Crippen molar-refractivity contribution in [3.63, 3.8) is 0 Å². The third kappa shape index (κ3) is 6.75. The van der Waals surface area contributed by atoms with Crippen LogP contribution in [0.15, 0.2) is 4.52 Å². The van der Waals surface area contributed by atoms with E-state index in [2.05, 4.69) is 27.7 Å². The second kappa shape index (κ2) is 10.6. The molecule has 0 radical (unpaired) electrons. The highest BCUT2D eigenvalue weighted by atomic mass is 35.5. The quantitative estimate of drug-likeness (QED) is 0.722. The van der Waals surface area contributed by atoms with E-state index >= 15 is 0 Å². The number of nitrogens with one attached hydrogen (secondary N) is 2. The van der Waals surface area contributed by atoms with E-state index in [1.807, 2.05) is 0 Å². The zero-order valence-electron chi connectivity index (χ0n) is 13.3. The predicted molar refractivity (Wildman–Crippen MR) is 87.1 cm³/mol. The maximum atomic E-state index is 11.7. The molecule has 1 aliphatic rings. The molecule has 2 heterocycles. The first kappa shape index (κ1) is 18.9. The molecule has 0 saturated carbocycles. The molecular weight excluding hydrogens is 304 g/mol. The van der Waals surface area contributed by atoms with Crippen LogP contribution in [-0.2, 0) is 17.6 Å². The lowest BCUT2D eigenvalue weighted by molar-refractivity contribution is -0.121. The van der Waals surface area contributed by atoms with Gasteiger partial charge in [0.05, 0.1) is 0 Å². The molecule has 1 fully saturated rings. The number of carbonyl (C=O) groups excluding carboxylic acids is 1. The van der Waals surface area contributed by atoms with E-state index in [0.717, 1.165) is 57.1 Å². The number of rotatable bonds is 9. The summed E-state index contributed by atoms with van der Waals surface area (Å²) in [6.07, 6.45) is 6.11. The van der Waals surface area contributed by atoms with Gasteiger partial charge >= 0.3 is 0 Å². The van der Waals surface area contributed by atoms with E-state index in [-0.39, 0.29) is 18.3 Å². The maximum absolute atomic E-state index is 11.7. The highest BCUT2D eigenvalue weighted by Gasteiger charge is 2.14. The van der Waals surface area contributed by atoms with Crippen molar-refractivity contribution in [2.75, 3.05) is 19.6 Å². The molecule has 1 aliphatic heterocycles. The van der Waals surface area contributed by atoms with Crippen molar-refractivity contribution in [2.45, 2.75) is 51.9 Å². The third-order valence-electron chi connectivity index (χ3n) is 3.82. The van der Waals surface area contributed by atoms with Gasteiger partial charge in [0.2, 0.25) is 11.8 Å². The van der Waals surface area contributed by atoms with Crippen molar-refractivity contribution in [3.8, 4) is 0 Å². The molecule has 7 heteroatoms. The second-order valence-corrected chi connectivity index (χ2v) is 5.71.